The summed E-state index contributed by atoms with van der Waals surface area (Å²) >= 11 is 0. The Morgan fingerprint density at radius 1 is 1.00 bits per heavy atom. The SMILES string of the molecule is CC1(C)CC(C(C(=O)OO)N2C(C)(C)CC(N3CC=CC=CC3=O)CC2(C)C)CC(C)(C)N1. The average Bonchev–Trinajstić information content (AvgIpc) is 2.85. The van der Waals surface area contributed by atoms with Crippen LogP contribution in [0.1, 0.15) is 81.1 Å². The van der Waals surface area contributed by atoms with Crippen LogP contribution in [0.4, 0.5) is 0 Å². The molecule has 2 N–H and O–H groups in total. The van der Waals surface area contributed by atoms with Crippen LogP contribution in [0.15, 0.2) is 24.3 Å². The van der Waals surface area contributed by atoms with Gasteiger partial charge in [-0.05, 0) is 87.0 Å². The molecule has 1 unspecified atom stereocenters. The maximum Gasteiger partial charge on any atom is 0.359 e. The highest BCUT2D eigenvalue weighted by Gasteiger charge is 2.55. The fourth-order valence-electron chi connectivity index (χ4n) is 7.31. The molecule has 3 aliphatic rings. The zero-order valence-electron chi connectivity index (χ0n) is 21.6. The minimum Gasteiger partial charge on any atom is -0.332 e. The van der Waals surface area contributed by atoms with Crippen molar-refractivity contribution in [2.24, 2.45) is 5.92 Å². The molecule has 3 heterocycles. The summed E-state index contributed by atoms with van der Waals surface area (Å²) in [7, 11) is 0. The summed E-state index contributed by atoms with van der Waals surface area (Å²) in [5, 5.41) is 13.2. The zero-order chi connectivity index (χ0) is 24.8. The molecule has 3 rings (SSSR count). The van der Waals surface area contributed by atoms with Gasteiger partial charge in [0.15, 0.2) is 0 Å². The summed E-state index contributed by atoms with van der Waals surface area (Å²) < 4.78 is 0. The van der Waals surface area contributed by atoms with E-state index in [1.807, 2.05) is 17.1 Å². The lowest BCUT2D eigenvalue weighted by molar-refractivity contribution is -0.249. The molecule has 0 saturated carbocycles. The summed E-state index contributed by atoms with van der Waals surface area (Å²) in [5.74, 6) is -0.556. The fourth-order valence-corrected chi connectivity index (χ4v) is 7.31. The van der Waals surface area contributed by atoms with Crippen molar-refractivity contribution in [3.05, 3.63) is 24.3 Å². The number of carbonyl (C=O) groups is 2. The second-order valence-corrected chi connectivity index (χ2v) is 12.8. The van der Waals surface area contributed by atoms with Crippen LogP contribution in [0.5, 0.6) is 0 Å². The molecular formula is C26H43N3O4. The van der Waals surface area contributed by atoms with Gasteiger partial charge in [-0.2, -0.15) is 5.26 Å². The van der Waals surface area contributed by atoms with E-state index in [1.165, 1.54) is 0 Å². The first kappa shape index (κ1) is 25.9. The third kappa shape index (κ3) is 5.52. The monoisotopic (exact) mass is 461 g/mol. The summed E-state index contributed by atoms with van der Waals surface area (Å²) in [6.45, 7) is 17.8. The number of piperidine rings is 2. The molecule has 0 aromatic rings. The number of nitrogens with zero attached hydrogens (tertiary/aromatic N) is 2. The maximum absolute atomic E-state index is 13.2. The van der Waals surface area contributed by atoms with Crippen molar-refractivity contribution in [3.8, 4) is 0 Å². The van der Waals surface area contributed by atoms with Gasteiger partial charge in [-0.3, -0.25) is 14.6 Å². The number of rotatable bonds is 4. The first-order chi connectivity index (χ1) is 15.1. The topological polar surface area (TPSA) is 82.1 Å². The third-order valence-corrected chi connectivity index (χ3v) is 7.56. The van der Waals surface area contributed by atoms with E-state index in [4.69, 9.17) is 0 Å². The number of hydrogen-bond acceptors (Lipinski definition) is 6. The van der Waals surface area contributed by atoms with Gasteiger partial charge in [-0.15, -0.1) is 0 Å². The van der Waals surface area contributed by atoms with Crippen molar-refractivity contribution < 1.29 is 19.7 Å². The van der Waals surface area contributed by atoms with Crippen molar-refractivity contribution in [1.82, 2.24) is 15.1 Å². The molecule has 1 amide bonds. The van der Waals surface area contributed by atoms with Crippen molar-refractivity contribution in [2.75, 3.05) is 6.54 Å². The Morgan fingerprint density at radius 2 is 1.55 bits per heavy atom. The highest BCUT2D eigenvalue weighted by molar-refractivity contribution is 5.88. The van der Waals surface area contributed by atoms with E-state index >= 15 is 0 Å². The standard InChI is InChI=1S/C26H43N3O4/c1-23(2)14-18(15-24(3,4)27-23)21(22(31)33-32)29-25(5,6)16-19(17-26(29,7)8)28-13-11-9-10-12-20(28)30/h9-12,18-19,21,27,32H,13-17H2,1-8H3. The Bertz CT molecular complexity index is 793. The molecule has 0 spiro atoms. The van der Waals surface area contributed by atoms with Crippen LogP contribution in [0.25, 0.3) is 0 Å². The second-order valence-electron chi connectivity index (χ2n) is 12.8. The molecule has 1 atom stereocenters. The quantitative estimate of drug-likeness (QED) is 0.488. The van der Waals surface area contributed by atoms with Crippen LogP contribution in [0.3, 0.4) is 0 Å². The van der Waals surface area contributed by atoms with Crippen molar-refractivity contribution in [1.29, 1.82) is 0 Å². The van der Waals surface area contributed by atoms with Gasteiger partial charge in [0.25, 0.3) is 0 Å². The largest absolute Gasteiger partial charge is 0.359 e. The Morgan fingerprint density at radius 3 is 2.06 bits per heavy atom. The first-order valence-corrected chi connectivity index (χ1v) is 12.2. The predicted octanol–water partition coefficient (Wildman–Crippen LogP) is 3.90. The molecule has 186 valence electrons. The molecule has 2 saturated heterocycles. The van der Waals surface area contributed by atoms with Crippen LogP contribution in [-0.4, -0.2) is 67.7 Å². The summed E-state index contributed by atoms with van der Waals surface area (Å²) in [6, 6.07) is -0.529. The van der Waals surface area contributed by atoms with Gasteiger partial charge >= 0.3 is 5.97 Å². The highest BCUT2D eigenvalue weighted by atomic mass is 17.1. The minimum atomic E-state index is -0.593. The maximum atomic E-state index is 13.2. The lowest BCUT2D eigenvalue weighted by Crippen LogP contribution is -2.71. The van der Waals surface area contributed by atoms with Crippen molar-refractivity contribution in [2.45, 2.75) is 115 Å². The molecule has 3 aliphatic heterocycles. The Hall–Kier alpha value is -1.70. The first-order valence-electron chi connectivity index (χ1n) is 12.2. The van der Waals surface area contributed by atoms with Gasteiger partial charge in [0.2, 0.25) is 5.91 Å². The van der Waals surface area contributed by atoms with Gasteiger partial charge in [-0.25, -0.2) is 4.79 Å². The number of allylic oxidation sites excluding steroid dienone is 2. The number of hydrogen-bond donors (Lipinski definition) is 2. The molecular weight excluding hydrogens is 418 g/mol. The van der Waals surface area contributed by atoms with Crippen LogP contribution < -0.4 is 5.32 Å². The minimum absolute atomic E-state index is 0.0108. The summed E-state index contributed by atoms with van der Waals surface area (Å²) in [4.78, 5) is 34.6. The van der Waals surface area contributed by atoms with E-state index in [0.717, 1.165) is 25.7 Å². The smallest absolute Gasteiger partial charge is 0.332 e. The molecule has 33 heavy (non-hydrogen) atoms. The van der Waals surface area contributed by atoms with Gasteiger partial charge in [-0.1, -0.05) is 18.2 Å². The van der Waals surface area contributed by atoms with Gasteiger partial charge < -0.3 is 10.2 Å². The highest BCUT2D eigenvalue weighted by Crippen LogP contribution is 2.46. The number of carbonyl (C=O) groups excluding carboxylic acids is 2. The molecule has 0 aromatic heterocycles. The van der Waals surface area contributed by atoms with E-state index in [9.17, 15) is 14.8 Å². The molecule has 2 fully saturated rings. The van der Waals surface area contributed by atoms with Crippen molar-refractivity contribution >= 4 is 11.9 Å². The molecule has 7 heteroatoms. The molecule has 0 radical (unpaired) electrons. The van der Waals surface area contributed by atoms with E-state index in [-0.39, 0.29) is 28.9 Å². The van der Waals surface area contributed by atoms with Gasteiger partial charge in [0.05, 0.1) is 0 Å². The summed E-state index contributed by atoms with van der Waals surface area (Å²) in [5.41, 5.74) is -1.09. The summed E-state index contributed by atoms with van der Waals surface area (Å²) in [6.07, 6.45) is 10.4. The van der Waals surface area contributed by atoms with E-state index in [2.05, 4.69) is 70.5 Å². The van der Waals surface area contributed by atoms with Crippen LogP contribution in [-0.2, 0) is 14.5 Å². The zero-order valence-corrected chi connectivity index (χ0v) is 21.6. The van der Waals surface area contributed by atoms with Crippen LogP contribution >= 0.6 is 0 Å². The van der Waals surface area contributed by atoms with Crippen LogP contribution in [0, 0.1) is 5.92 Å². The van der Waals surface area contributed by atoms with E-state index in [1.54, 1.807) is 12.2 Å². The van der Waals surface area contributed by atoms with E-state index in [0.29, 0.717) is 6.54 Å². The molecule has 0 bridgehead atoms. The molecule has 0 aliphatic carbocycles. The predicted molar refractivity (Wildman–Crippen MR) is 130 cm³/mol. The second kappa shape index (κ2) is 8.82. The van der Waals surface area contributed by atoms with Gasteiger partial charge in [0.1, 0.15) is 6.04 Å². The molecule has 7 nitrogen and oxygen atoms in total. The number of amides is 1. The average molecular weight is 462 g/mol. The number of nitrogens with one attached hydrogen (secondary N) is 1. The lowest BCUT2D eigenvalue weighted by Gasteiger charge is -2.61. The fraction of sp³-hybridized carbons (Fsp3) is 0.769. The molecule has 0 aromatic carbocycles. The van der Waals surface area contributed by atoms with Gasteiger partial charge in [0, 0.05) is 40.8 Å². The number of likely N-dealkylation sites (tertiary alicyclic amines) is 1. The van der Waals surface area contributed by atoms with Crippen molar-refractivity contribution in [3.63, 3.8) is 0 Å². The van der Waals surface area contributed by atoms with Crippen LogP contribution in [0.2, 0.25) is 0 Å². The van der Waals surface area contributed by atoms with E-state index < -0.39 is 23.1 Å². The third-order valence-electron chi connectivity index (χ3n) is 7.56. The Labute approximate surface area is 199 Å². The Balaban J connectivity index is 1.98. The lowest BCUT2D eigenvalue weighted by atomic mass is 9.68. The normalized spacial score (nSPS) is 28.4. The Kier molecular flexibility index (Phi) is 6.93.